The monoisotopic (exact) mass is 216 g/mol. The average Bonchev–Trinajstić information content (AvgIpc) is 2.34. The third-order valence-corrected chi connectivity index (χ3v) is 1.83. The van der Waals surface area contributed by atoms with Crippen LogP contribution < -0.4 is 0 Å². The molecule has 1 atom stereocenters. The first kappa shape index (κ1) is 8.78. The van der Waals surface area contributed by atoms with E-state index in [9.17, 15) is 0 Å². The molecule has 2 nitrogen and oxygen atoms in total. The molecule has 0 aliphatic heterocycles. The Balaban J connectivity index is 2.58. The van der Waals surface area contributed by atoms with Crippen LogP contribution in [0.3, 0.4) is 0 Å². The number of hydrogen-bond acceptors (Lipinski definition) is 1. The average molecular weight is 217 g/mol. The quantitative estimate of drug-likeness (QED) is 0.710. The smallest absolute Gasteiger partial charge is 0.0635 e. The molecule has 1 unspecified atom stereocenters. The van der Waals surface area contributed by atoms with E-state index in [-0.39, 0.29) is 0 Å². The van der Waals surface area contributed by atoms with Crippen LogP contribution in [0.4, 0.5) is 0 Å². The second-order valence-corrected chi connectivity index (χ2v) is 4.21. The van der Waals surface area contributed by atoms with Crippen LogP contribution in [0.25, 0.3) is 0 Å². The first-order chi connectivity index (χ1) is 5.22. The summed E-state index contributed by atoms with van der Waals surface area (Å²) in [4.78, 5) is 0.516. The predicted molar refractivity (Wildman–Crippen MR) is 50.0 cm³/mol. The van der Waals surface area contributed by atoms with Crippen LogP contribution in [-0.4, -0.2) is 14.6 Å². The lowest BCUT2D eigenvalue weighted by molar-refractivity contribution is 0.645. The van der Waals surface area contributed by atoms with E-state index < -0.39 is 0 Å². The summed E-state index contributed by atoms with van der Waals surface area (Å²) in [6, 6.07) is 2.07. The third-order valence-electron chi connectivity index (χ3n) is 1.51. The van der Waals surface area contributed by atoms with Gasteiger partial charge in [0.15, 0.2) is 0 Å². The Morgan fingerprint density at radius 1 is 1.73 bits per heavy atom. The standard InChI is InChI=1S/C8H13BrN2/c1-3-11-5-4-8(10-11)6-7(2)9/h4-5,7H,3,6H2,1-2H3. The lowest BCUT2D eigenvalue weighted by Gasteiger charge is -1.97. The molecule has 11 heavy (non-hydrogen) atoms. The fourth-order valence-electron chi connectivity index (χ4n) is 0.977. The molecular formula is C8H13BrN2. The molecule has 0 saturated heterocycles. The lowest BCUT2D eigenvalue weighted by Crippen LogP contribution is -2.00. The Bertz CT molecular complexity index is 218. The number of aromatic nitrogens is 2. The first-order valence-corrected chi connectivity index (χ1v) is 4.80. The van der Waals surface area contributed by atoms with Gasteiger partial charge in [0.25, 0.3) is 0 Å². The molecule has 0 radical (unpaired) electrons. The van der Waals surface area contributed by atoms with Gasteiger partial charge in [-0.2, -0.15) is 5.10 Å². The molecule has 1 aromatic rings. The minimum Gasteiger partial charge on any atom is -0.273 e. The highest BCUT2D eigenvalue weighted by atomic mass is 79.9. The molecule has 0 bridgehead atoms. The van der Waals surface area contributed by atoms with Crippen LogP contribution in [0.1, 0.15) is 19.5 Å². The Hall–Kier alpha value is -0.310. The lowest BCUT2D eigenvalue weighted by atomic mass is 10.3. The largest absolute Gasteiger partial charge is 0.273 e. The van der Waals surface area contributed by atoms with Crippen LogP contribution >= 0.6 is 15.9 Å². The Kier molecular flexibility index (Phi) is 3.12. The Morgan fingerprint density at radius 2 is 2.45 bits per heavy atom. The minimum atomic E-state index is 0.516. The van der Waals surface area contributed by atoms with Crippen molar-refractivity contribution < 1.29 is 0 Å². The zero-order chi connectivity index (χ0) is 8.27. The molecule has 0 aliphatic rings. The van der Waals surface area contributed by atoms with Crippen molar-refractivity contribution in [2.75, 3.05) is 0 Å². The third kappa shape index (κ3) is 2.66. The van der Waals surface area contributed by atoms with Crippen LogP contribution in [0, 0.1) is 0 Å². The van der Waals surface area contributed by atoms with Crippen molar-refractivity contribution in [3.63, 3.8) is 0 Å². The fourth-order valence-corrected chi connectivity index (χ4v) is 1.31. The van der Waals surface area contributed by atoms with Gasteiger partial charge in [0.05, 0.1) is 5.69 Å². The van der Waals surface area contributed by atoms with Gasteiger partial charge < -0.3 is 0 Å². The highest BCUT2D eigenvalue weighted by Crippen LogP contribution is 2.06. The second kappa shape index (κ2) is 3.90. The summed E-state index contributed by atoms with van der Waals surface area (Å²) in [5.41, 5.74) is 1.16. The number of hydrogen-bond donors (Lipinski definition) is 0. The van der Waals surface area contributed by atoms with Gasteiger partial charge in [-0.3, -0.25) is 4.68 Å². The van der Waals surface area contributed by atoms with Gasteiger partial charge in [0, 0.05) is 24.0 Å². The summed E-state index contributed by atoms with van der Waals surface area (Å²) in [5.74, 6) is 0. The molecule has 0 N–H and O–H groups in total. The highest BCUT2D eigenvalue weighted by molar-refractivity contribution is 9.09. The maximum Gasteiger partial charge on any atom is 0.0635 e. The normalized spacial score (nSPS) is 13.4. The number of aryl methyl sites for hydroxylation is 1. The van der Waals surface area contributed by atoms with E-state index in [1.807, 2.05) is 10.9 Å². The van der Waals surface area contributed by atoms with Crippen molar-refractivity contribution in [3.8, 4) is 0 Å². The molecule has 0 saturated carbocycles. The number of rotatable bonds is 3. The minimum absolute atomic E-state index is 0.516. The summed E-state index contributed by atoms with van der Waals surface area (Å²) in [5, 5.41) is 4.36. The van der Waals surface area contributed by atoms with E-state index in [2.05, 4.69) is 40.9 Å². The van der Waals surface area contributed by atoms with Crippen molar-refractivity contribution in [2.45, 2.75) is 31.6 Å². The summed E-state index contributed by atoms with van der Waals surface area (Å²) < 4.78 is 1.95. The number of alkyl halides is 1. The molecule has 0 aliphatic carbocycles. The van der Waals surface area contributed by atoms with E-state index in [1.165, 1.54) is 0 Å². The summed E-state index contributed by atoms with van der Waals surface area (Å²) in [7, 11) is 0. The Labute approximate surface area is 75.7 Å². The first-order valence-electron chi connectivity index (χ1n) is 3.88. The van der Waals surface area contributed by atoms with Crippen molar-refractivity contribution in [1.29, 1.82) is 0 Å². The van der Waals surface area contributed by atoms with E-state index in [1.54, 1.807) is 0 Å². The van der Waals surface area contributed by atoms with Gasteiger partial charge in [0.2, 0.25) is 0 Å². The summed E-state index contributed by atoms with van der Waals surface area (Å²) in [6.45, 7) is 5.18. The zero-order valence-corrected chi connectivity index (χ0v) is 8.50. The van der Waals surface area contributed by atoms with Gasteiger partial charge in [-0.1, -0.05) is 22.9 Å². The van der Waals surface area contributed by atoms with Crippen molar-refractivity contribution in [1.82, 2.24) is 9.78 Å². The van der Waals surface area contributed by atoms with Gasteiger partial charge in [-0.25, -0.2) is 0 Å². The highest BCUT2D eigenvalue weighted by Gasteiger charge is 2.01. The van der Waals surface area contributed by atoms with E-state index in [0.717, 1.165) is 18.7 Å². The molecule has 1 aromatic heterocycles. The molecular weight excluding hydrogens is 204 g/mol. The van der Waals surface area contributed by atoms with Crippen LogP contribution in [0.15, 0.2) is 12.3 Å². The van der Waals surface area contributed by atoms with Crippen molar-refractivity contribution in [3.05, 3.63) is 18.0 Å². The molecule has 1 rings (SSSR count). The van der Waals surface area contributed by atoms with E-state index in [0.29, 0.717) is 4.83 Å². The van der Waals surface area contributed by atoms with Crippen LogP contribution in [0.5, 0.6) is 0 Å². The molecule has 0 aromatic carbocycles. The maximum absolute atomic E-state index is 4.36. The van der Waals surface area contributed by atoms with Crippen LogP contribution in [-0.2, 0) is 13.0 Å². The zero-order valence-electron chi connectivity index (χ0n) is 6.92. The molecule has 62 valence electrons. The molecule has 0 amide bonds. The Morgan fingerprint density at radius 3 is 2.91 bits per heavy atom. The van der Waals surface area contributed by atoms with Crippen LogP contribution in [0.2, 0.25) is 0 Å². The topological polar surface area (TPSA) is 17.8 Å². The van der Waals surface area contributed by atoms with E-state index in [4.69, 9.17) is 0 Å². The van der Waals surface area contributed by atoms with E-state index >= 15 is 0 Å². The van der Waals surface area contributed by atoms with Crippen molar-refractivity contribution >= 4 is 15.9 Å². The summed E-state index contributed by atoms with van der Waals surface area (Å²) in [6.07, 6.45) is 3.03. The summed E-state index contributed by atoms with van der Waals surface area (Å²) >= 11 is 3.49. The predicted octanol–water partition coefficient (Wildman–Crippen LogP) is 2.23. The molecule has 0 fully saturated rings. The molecule has 1 heterocycles. The number of nitrogens with zero attached hydrogens (tertiary/aromatic N) is 2. The van der Waals surface area contributed by atoms with Gasteiger partial charge in [-0.15, -0.1) is 0 Å². The SMILES string of the molecule is CCn1ccc(CC(C)Br)n1. The van der Waals surface area contributed by atoms with Gasteiger partial charge >= 0.3 is 0 Å². The van der Waals surface area contributed by atoms with Gasteiger partial charge in [-0.05, 0) is 13.0 Å². The number of halogens is 1. The molecule has 0 spiro atoms. The fraction of sp³-hybridized carbons (Fsp3) is 0.625. The second-order valence-electron chi connectivity index (χ2n) is 2.65. The maximum atomic E-state index is 4.36. The van der Waals surface area contributed by atoms with Gasteiger partial charge in [0.1, 0.15) is 0 Å². The van der Waals surface area contributed by atoms with Crippen molar-refractivity contribution in [2.24, 2.45) is 0 Å². The molecule has 3 heteroatoms.